The van der Waals surface area contributed by atoms with Gasteiger partial charge in [0.25, 0.3) is 11.9 Å². The van der Waals surface area contributed by atoms with Crippen molar-refractivity contribution in [3.05, 3.63) is 0 Å². The van der Waals surface area contributed by atoms with E-state index in [1.54, 1.807) is 0 Å². The lowest BCUT2D eigenvalue weighted by molar-refractivity contribution is -0.133. The highest BCUT2D eigenvalue weighted by Crippen LogP contribution is 2.40. The lowest BCUT2D eigenvalue weighted by Crippen LogP contribution is -2.51. The number of carbonyl (C=O) groups excluding carboxylic acids is 1. The highest BCUT2D eigenvalue weighted by molar-refractivity contribution is 6.01. The molecule has 2 unspecified atom stereocenters. The Kier molecular flexibility index (Phi) is 1.80. The maximum atomic E-state index is 11.8. The minimum atomic E-state index is -0.732. The van der Waals surface area contributed by atoms with Crippen LogP contribution in [-0.4, -0.2) is 41.6 Å². The van der Waals surface area contributed by atoms with Crippen molar-refractivity contribution in [1.29, 1.82) is 0 Å². The second-order valence-electron chi connectivity index (χ2n) is 4.54. The Labute approximate surface area is 88.3 Å². The number of amides is 1. The van der Waals surface area contributed by atoms with Crippen LogP contribution in [0.1, 0.15) is 25.7 Å². The van der Waals surface area contributed by atoms with Gasteiger partial charge in [0.2, 0.25) is 5.60 Å². The minimum Gasteiger partial charge on any atom is -0.447 e. The number of fused-ring (bicyclic) bond motifs is 2. The monoisotopic (exact) mass is 209 g/mol. The first-order valence-electron chi connectivity index (χ1n) is 5.54. The van der Waals surface area contributed by atoms with Crippen molar-refractivity contribution in [1.82, 2.24) is 4.90 Å². The Morgan fingerprint density at radius 3 is 3.07 bits per heavy atom. The molecule has 2 N–H and O–H groups in total. The quantitative estimate of drug-likeness (QED) is 0.602. The summed E-state index contributed by atoms with van der Waals surface area (Å²) in [6.07, 6.45) is 4.14. The van der Waals surface area contributed by atoms with Gasteiger partial charge in [-0.1, -0.05) is 6.42 Å². The summed E-state index contributed by atoms with van der Waals surface area (Å²) in [6, 6.07) is 0.246. The molecule has 2 fully saturated rings. The van der Waals surface area contributed by atoms with Crippen LogP contribution in [0.4, 0.5) is 0 Å². The maximum absolute atomic E-state index is 11.8. The topological polar surface area (TPSA) is 67.9 Å². The second-order valence-corrected chi connectivity index (χ2v) is 4.54. The van der Waals surface area contributed by atoms with Crippen LogP contribution in [0.3, 0.4) is 0 Å². The molecule has 3 aliphatic heterocycles. The van der Waals surface area contributed by atoms with Crippen molar-refractivity contribution in [2.24, 2.45) is 10.7 Å². The molecule has 15 heavy (non-hydrogen) atoms. The Balaban J connectivity index is 1.91. The highest BCUT2D eigenvalue weighted by atomic mass is 16.5. The van der Waals surface area contributed by atoms with Crippen LogP contribution in [-0.2, 0) is 9.53 Å². The fourth-order valence-electron chi connectivity index (χ4n) is 3.08. The summed E-state index contributed by atoms with van der Waals surface area (Å²) in [5.41, 5.74) is 4.76. The van der Waals surface area contributed by atoms with Gasteiger partial charge in [-0.3, -0.25) is 9.69 Å². The molecule has 1 spiro atoms. The van der Waals surface area contributed by atoms with E-state index in [0.717, 1.165) is 25.9 Å². The molecule has 3 heterocycles. The summed E-state index contributed by atoms with van der Waals surface area (Å²) in [4.78, 5) is 17.9. The molecule has 2 saturated heterocycles. The molecule has 5 heteroatoms. The number of rotatable bonds is 0. The van der Waals surface area contributed by atoms with Crippen molar-refractivity contribution >= 4 is 11.9 Å². The molecule has 82 valence electrons. The zero-order valence-electron chi connectivity index (χ0n) is 8.61. The Hall–Kier alpha value is -1.10. The molecule has 0 aromatic rings. The van der Waals surface area contributed by atoms with Crippen molar-refractivity contribution in [3.63, 3.8) is 0 Å². The molecule has 0 aromatic carbocycles. The van der Waals surface area contributed by atoms with Crippen molar-refractivity contribution in [3.8, 4) is 0 Å². The van der Waals surface area contributed by atoms with E-state index in [0.29, 0.717) is 0 Å². The van der Waals surface area contributed by atoms with Crippen LogP contribution in [0.25, 0.3) is 0 Å². The zero-order chi connectivity index (χ0) is 10.5. The van der Waals surface area contributed by atoms with Crippen LogP contribution in [0, 0.1) is 0 Å². The van der Waals surface area contributed by atoms with Crippen LogP contribution in [0.5, 0.6) is 0 Å². The first-order valence-corrected chi connectivity index (χ1v) is 5.54. The molecule has 0 bridgehead atoms. The lowest BCUT2D eigenvalue weighted by atomic mass is 9.88. The Bertz CT molecular complexity index is 342. The van der Waals surface area contributed by atoms with Gasteiger partial charge in [0, 0.05) is 13.0 Å². The zero-order valence-corrected chi connectivity index (χ0v) is 8.61. The standard InChI is InChI=1S/C10H15N3O2/c11-9-12-8(14)10(15-9)4-6-13-5-2-1-3-7(10)13/h7H,1-6H2,(H2,11,12,14). The molecule has 0 radical (unpaired) electrons. The van der Waals surface area contributed by atoms with Gasteiger partial charge in [-0.05, 0) is 19.4 Å². The summed E-state index contributed by atoms with van der Waals surface area (Å²) in [6.45, 7) is 2.00. The van der Waals surface area contributed by atoms with Crippen molar-refractivity contribution in [2.75, 3.05) is 13.1 Å². The number of nitrogens with two attached hydrogens (primary N) is 1. The number of hydrogen-bond acceptors (Lipinski definition) is 4. The predicted octanol–water partition coefficient (Wildman–Crippen LogP) is -0.145. The maximum Gasteiger partial charge on any atom is 0.296 e. The fraction of sp³-hybridized carbons (Fsp3) is 0.800. The second kappa shape index (κ2) is 2.95. The van der Waals surface area contributed by atoms with Gasteiger partial charge in [-0.25, -0.2) is 0 Å². The average Bonchev–Trinajstić information content (AvgIpc) is 2.72. The third-order valence-corrected chi connectivity index (χ3v) is 3.78. The lowest BCUT2D eigenvalue weighted by Gasteiger charge is -2.35. The number of nitrogens with zero attached hydrogens (tertiary/aromatic N) is 2. The molecule has 0 saturated carbocycles. The van der Waals surface area contributed by atoms with Gasteiger partial charge >= 0.3 is 0 Å². The van der Waals surface area contributed by atoms with Crippen molar-refractivity contribution in [2.45, 2.75) is 37.3 Å². The highest BCUT2D eigenvalue weighted by Gasteiger charge is 2.58. The van der Waals surface area contributed by atoms with Gasteiger partial charge < -0.3 is 10.5 Å². The molecular weight excluding hydrogens is 194 g/mol. The molecule has 2 atom stereocenters. The number of hydrogen-bond donors (Lipinski definition) is 1. The number of amidine groups is 1. The third kappa shape index (κ3) is 1.13. The van der Waals surface area contributed by atoms with Gasteiger partial charge in [0.1, 0.15) is 0 Å². The number of carbonyl (C=O) groups is 1. The smallest absolute Gasteiger partial charge is 0.296 e. The number of aliphatic imine (C=N–C) groups is 1. The van der Waals surface area contributed by atoms with E-state index in [4.69, 9.17) is 10.5 Å². The van der Waals surface area contributed by atoms with Crippen LogP contribution < -0.4 is 5.73 Å². The Morgan fingerprint density at radius 2 is 2.33 bits per heavy atom. The molecule has 3 aliphatic rings. The van der Waals surface area contributed by atoms with Gasteiger partial charge in [-0.2, -0.15) is 4.99 Å². The number of ether oxygens (including phenoxy) is 1. The molecule has 0 aliphatic carbocycles. The Morgan fingerprint density at radius 1 is 1.47 bits per heavy atom. The predicted molar refractivity (Wildman–Crippen MR) is 54.3 cm³/mol. The largest absolute Gasteiger partial charge is 0.447 e. The van der Waals surface area contributed by atoms with Crippen LogP contribution >= 0.6 is 0 Å². The van der Waals surface area contributed by atoms with Gasteiger partial charge in [0.05, 0.1) is 6.04 Å². The normalized spacial score (nSPS) is 40.4. The summed E-state index contributed by atoms with van der Waals surface area (Å²) < 4.78 is 5.53. The first-order chi connectivity index (χ1) is 7.22. The summed E-state index contributed by atoms with van der Waals surface area (Å²) in [7, 11) is 0. The first kappa shape index (κ1) is 9.15. The van der Waals surface area contributed by atoms with Crippen LogP contribution in [0.15, 0.2) is 4.99 Å². The third-order valence-electron chi connectivity index (χ3n) is 3.78. The SMILES string of the molecule is NC1=NC(=O)C2(CCN3CCCCC32)O1. The minimum absolute atomic E-state index is 0.0485. The number of piperidine rings is 1. The van der Waals surface area contributed by atoms with E-state index in [2.05, 4.69) is 9.89 Å². The van der Waals surface area contributed by atoms with Crippen molar-refractivity contribution < 1.29 is 9.53 Å². The summed E-state index contributed by atoms with van der Waals surface area (Å²) in [5.74, 6) is -0.172. The van der Waals surface area contributed by atoms with Crippen LogP contribution in [0.2, 0.25) is 0 Å². The molecule has 0 aromatic heterocycles. The van der Waals surface area contributed by atoms with Gasteiger partial charge in [0.15, 0.2) is 0 Å². The molecule has 5 nitrogen and oxygen atoms in total. The van der Waals surface area contributed by atoms with E-state index in [9.17, 15) is 4.79 Å². The van der Waals surface area contributed by atoms with E-state index < -0.39 is 5.60 Å². The van der Waals surface area contributed by atoms with E-state index in [1.165, 1.54) is 12.8 Å². The summed E-state index contributed by atoms with van der Waals surface area (Å²) >= 11 is 0. The van der Waals surface area contributed by atoms with Gasteiger partial charge in [-0.15, -0.1) is 0 Å². The van der Waals surface area contributed by atoms with E-state index in [-0.39, 0.29) is 18.0 Å². The van der Waals surface area contributed by atoms with E-state index in [1.807, 2.05) is 0 Å². The average molecular weight is 209 g/mol. The molecule has 3 rings (SSSR count). The van der Waals surface area contributed by atoms with E-state index >= 15 is 0 Å². The fourth-order valence-corrected chi connectivity index (χ4v) is 3.08. The summed E-state index contributed by atoms with van der Waals surface area (Å²) in [5, 5.41) is 0. The molecular formula is C10H15N3O2. The molecule has 1 amide bonds.